The summed E-state index contributed by atoms with van der Waals surface area (Å²) in [5.41, 5.74) is 3.52. The van der Waals surface area contributed by atoms with Crippen LogP contribution < -0.4 is 10.1 Å². The van der Waals surface area contributed by atoms with Gasteiger partial charge in [-0.15, -0.1) is 0 Å². The number of nitrogens with zero attached hydrogens (tertiary/aromatic N) is 2. The zero-order valence-electron chi connectivity index (χ0n) is 15.9. The van der Waals surface area contributed by atoms with E-state index in [-0.39, 0.29) is 28.8 Å². The van der Waals surface area contributed by atoms with Gasteiger partial charge in [0.25, 0.3) is 0 Å². The van der Waals surface area contributed by atoms with Gasteiger partial charge in [0.2, 0.25) is 5.91 Å². The van der Waals surface area contributed by atoms with Gasteiger partial charge in [0.1, 0.15) is 5.75 Å². The van der Waals surface area contributed by atoms with Crippen molar-refractivity contribution < 1.29 is 22.7 Å². The first-order valence-electron chi connectivity index (χ1n) is 9.20. The molecule has 31 heavy (non-hydrogen) atoms. The molecule has 0 unspecified atom stereocenters. The molecule has 0 bridgehead atoms. The summed E-state index contributed by atoms with van der Waals surface area (Å²) >= 11 is 6.04. The molecule has 0 radical (unpaired) electrons. The fraction of sp³-hybridized carbons (Fsp3) is 0.136. The fourth-order valence-corrected chi connectivity index (χ4v) is 3.33. The highest BCUT2D eigenvalue weighted by Gasteiger charge is 2.29. The minimum Gasteiger partial charge on any atom is -0.482 e. The van der Waals surface area contributed by atoms with E-state index in [2.05, 4.69) is 15.3 Å². The molecule has 1 aromatic heterocycles. The van der Waals surface area contributed by atoms with Crippen LogP contribution in [0.4, 0.5) is 24.5 Å². The average molecular weight is 446 g/mol. The Kier molecular flexibility index (Phi) is 5.65. The summed E-state index contributed by atoms with van der Waals surface area (Å²) in [6.07, 6.45) is -1.12. The van der Waals surface area contributed by atoms with Gasteiger partial charge in [-0.2, -0.15) is 13.2 Å². The van der Waals surface area contributed by atoms with Gasteiger partial charge in [-0.1, -0.05) is 35.9 Å². The Labute approximate surface area is 180 Å². The van der Waals surface area contributed by atoms with E-state index >= 15 is 0 Å². The monoisotopic (exact) mass is 445 g/mol. The highest BCUT2D eigenvalue weighted by Crippen LogP contribution is 2.39. The predicted octanol–water partition coefficient (Wildman–Crippen LogP) is 5.81. The van der Waals surface area contributed by atoms with Gasteiger partial charge in [0.15, 0.2) is 6.61 Å². The second-order valence-corrected chi connectivity index (χ2v) is 7.22. The summed E-state index contributed by atoms with van der Waals surface area (Å²) in [5.74, 6) is -0.481. The normalized spacial score (nSPS) is 13.7. The first-order chi connectivity index (χ1) is 14.8. The number of aliphatic imine (C=N–C) groups is 1. The lowest BCUT2D eigenvalue weighted by atomic mass is 10.0. The summed E-state index contributed by atoms with van der Waals surface area (Å²) in [5, 5.41) is 2.63. The van der Waals surface area contributed by atoms with Crippen molar-refractivity contribution in [2.45, 2.75) is 12.6 Å². The Hall–Kier alpha value is -3.39. The maximum absolute atomic E-state index is 12.5. The standard InChI is InChI=1S/C22H15ClF3N3O2/c23-16-8-18-19(9-20(16)31-12-22(24,25)26)28-17(10-21(30)29-18)14-4-1-3-13(7-14)15-5-2-6-27-11-15/h1-9,11H,10,12H2,(H,29,30). The molecule has 0 atom stereocenters. The van der Waals surface area contributed by atoms with E-state index in [0.717, 1.165) is 11.1 Å². The minimum atomic E-state index is -4.51. The third kappa shape index (κ3) is 5.03. The highest BCUT2D eigenvalue weighted by molar-refractivity contribution is 6.32. The summed E-state index contributed by atoms with van der Waals surface area (Å²) in [6, 6.07) is 13.8. The molecular weight excluding hydrogens is 431 g/mol. The largest absolute Gasteiger partial charge is 0.482 e. The van der Waals surface area contributed by atoms with E-state index in [4.69, 9.17) is 16.3 Å². The van der Waals surface area contributed by atoms with Crippen LogP contribution in [-0.4, -0.2) is 29.4 Å². The molecule has 0 saturated carbocycles. The van der Waals surface area contributed by atoms with Gasteiger partial charge in [-0.3, -0.25) is 9.78 Å². The van der Waals surface area contributed by atoms with Gasteiger partial charge < -0.3 is 10.1 Å². The Morgan fingerprint density at radius 1 is 1.06 bits per heavy atom. The Balaban J connectivity index is 1.73. The van der Waals surface area contributed by atoms with Crippen LogP contribution in [0.5, 0.6) is 5.75 Å². The van der Waals surface area contributed by atoms with E-state index in [0.29, 0.717) is 17.0 Å². The van der Waals surface area contributed by atoms with Crippen molar-refractivity contribution in [3.63, 3.8) is 0 Å². The van der Waals surface area contributed by atoms with Crippen LogP contribution in [-0.2, 0) is 4.79 Å². The smallest absolute Gasteiger partial charge is 0.422 e. The molecule has 2 heterocycles. The van der Waals surface area contributed by atoms with Crippen LogP contribution in [0.1, 0.15) is 12.0 Å². The van der Waals surface area contributed by atoms with E-state index in [1.165, 1.54) is 12.1 Å². The van der Waals surface area contributed by atoms with Crippen LogP contribution in [0, 0.1) is 0 Å². The average Bonchev–Trinajstić information content (AvgIpc) is 2.90. The molecule has 0 fully saturated rings. The number of pyridine rings is 1. The van der Waals surface area contributed by atoms with Crippen molar-refractivity contribution in [3.8, 4) is 16.9 Å². The van der Waals surface area contributed by atoms with E-state index in [1.807, 2.05) is 36.4 Å². The highest BCUT2D eigenvalue weighted by atomic mass is 35.5. The van der Waals surface area contributed by atoms with Crippen molar-refractivity contribution in [3.05, 3.63) is 71.5 Å². The molecule has 3 aromatic rings. The maximum Gasteiger partial charge on any atom is 0.422 e. The van der Waals surface area contributed by atoms with Crippen molar-refractivity contribution in [2.24, 2.45) is 4.99 Å². The predicted molar refractivity (Wildman–Crippen MR) is 112 cm³/mol. The van der Waals surface area contributed by atoms with E-state index < -0.39 is 12.8 Å². The van der Waals surface area contributed by atoms with Gasteiger partial charge in [-0.05, 0) is 29.3 Å². The zero-order chi connectivity index (χ0) is 22.0. The molecule has 1 amide bonds. The summed E-state index contributed by atoms with van der Waals surface area (Å²) < 4.78 is 42.4. The van der Waals surface area contributed by atoms with Crippen LogP contribution in [0.3, 0.4) is 0 Å². The lowest BCUT2D eigenvalue weighted by Crippen LogP contribution is -2.19. The number of hydrogen-bond acceptors (Lipinski definition) is 4. The third-order valence-corrected chi connectivity index (χ3v) is 4.79. The maximum atomic E-state index is 12.5. The number of rotatable bonds is 4. The van der Waals surface area contributed by atoms with Crippen molar-refractivity contribution in [1.29, 1.82) is 0 Å². The number of carbonyl (C=O) groups excluding carboxylic acids is 1. The first-order valence-corrected chi connectivity index (χ1v) is 9.58. The first kappa shape index (κ1) is 20.9. The number of nitrogens with one attached hydrogen (secondary N) is 1. The number of fused-ring (bicyclic) bond motifs is 1. The van der Waals surface area contributed by atoms with Crippen molar-refractivity contribution >= 4 is 34.6 Å². The molecule has 4 rings (SSSR count). The van der Waals surface area contributed by atoms with Crippen LogP contribution in [0.15, 0.2) is 65.9 Å². The van der Waals surface area contributed by atoms with E-state index in [9.17, 15) is 18.0 Å². The molecule has 1 aliphatic rings. The Morgan fingerprint density at radius 3 is 2.58 bits per heavy atom. The quantitative estimate of drug-likeness (QED) is 0.551. The Morgan fingerprint density at radius 2 is 1.84 bits per heavy atom. The summed E-state index contributed by atoms with van der Waals surface area (Å²) in [6.45, 7) is -1.48. The molecule has 0 aliphatic carbocycles. The molecule has 1 aliphatic heterocycles. The number of amides is 1. The van der Waals surface area contributed by atoms with Crippen molar-refractivity contribution in [2.75, 3.05) is 11.9 Å². The van der Waals surface area contributed by atoms with Gasteiger partial charge >= 0.3 is 6.18 Å². The number of anilines is 1. The van der Waals surface area contributed by atoms with Gasteiger partial charge in [0, 0.05) is 24.0 Å². The number of carbonyl (C=O) groups is 1. The van der Waals surface area contributed by atoms with Crippen LogP contribution in [0.25, 0.3) is 11.1 Å². The molecule has 158 valence electrons. The molecule has 9 heteroatoms. The van der Waals surface area contributed by atoms with Crippen molar-refractivity contribution in [1.82, 2.24) is 4.98 Å². The number of alkyl halides is 3. The lowest BCUT2D eigenvalue weighted by molar-refractivity contribution is -0.153. The number of aromatic nitrogens is 1. The molecule has 0 spiro atoms. The van der Waals surface area contributed by atoms with Gasteiger partial charge in [-0.25, -0.2) is 4.99 Å². The zero-order valence-corrected chi connectivity index (χ0v) is 16.7. The fourth-order valence-electron chi connectivity index (χ4n) is 3.12. The van der Waals surface area contributed by atoms with E-state index in [1.54, 1.807) is 12.4 Å². The number of ether oxygens (including phenoxy) is 1. The molecule has 1 N–H and O–H groups in total. The minimum absolute atomic E-state index is 0.0124. The molecule has 5 nitrogen and oxygen atoms in total. The van der Waals surface area contributed by atoms with Gasteiger partial charge in [0.05, 0.1) is 28.5 Å². The van der Waals surface area contributed by atoms with Crippen LogP contribution >= 0.6 is 11.6 Å². The number of benzene rings is 2. The number of hydrogen-bond donors (Lipinski definition) is 1. The summed E-state index contributed by atoms with van der Waals surface area (Å²) in [7, 11) is 0. The lowest BCUT2D eigenvalue weighted by Gasteiger charge is -2.13. The molecular formula is C22H15ClF3N3O2. The summed E-state index contributed by atoms with van der Waals surface area (Å²) in [4.78, 5) is 21.1. The van der Waals surface area contributed by atoms with Crippen LogP contribution in [0.2, 0.25) is 5.02 Å². The second-order valence-electron chi connectivity index (χ2n) is 6.81. The third-order valence-electron chi connectivity index (χ3n) is 4.49. The number of halogens is 4. The molecule has 2 aromatic carbocycles. The second kappa shape index (κ2) is 8.39. The topological polar surface area (TPSA) is 63.6 Å². The molecule has 0 saturated heterocycles. The Bertz CT molecular complexity index is 1160. The SMILES string of the molecule is O=C1CC(c2cccc(-c3cccnc3)c2)=Nc2cc(OCC(F)(F)F)c(Cl)cc2N1.